The van der Waals surface area contributed by atoms with Crippen LogP contribution in [0.25, 0.3) is 5.69 Å². The number of benzene rings is 2. The molecule has 0 N–H and O–H groups in total. The first-order valence-corrected chi connectivity index (χ1v) is 8.51. The maximum Gasteiger partial charge on any atom is 0.195 e. The third-order valence-electron chi connectivity index (χ3n) is 3.46. The minimum atomic E-state index is 0.634. The predicted octanol–water partition coefficient (Wildman–Crippen LogP) is 4.06. The molecule has 4 nitrogen and oxygen atoms in total. The van der Waals surface area contributed by atoms with Gasteiger partial charge in [0.1, 0.15) is 12.1 Å². The lowest BCUT2D eigenvalue weighted by Gasteiger charge is -2.09. The number of ether oxygens (including phenoxy) is 1. The molecule has 0 amide bonds. The molecule has 5 heteroatoms. The SMILES string of the molecule is Cc1cccc(OCCSc2nncn2-c2ccccc2C)c1. The van der Waals surface area contributed by atoms with Crippen molar-refractivity contribution in [1.82, 2.24) is 14.8 Å². The molecule has 0 spiro atoms. The van der Waals surface area contributed by atoms with E-state index in [1.165, 1.54) is 11.1 Å². The molecular formula is C18H19N3OS. The first-order chi connectivity index (χ1) is 11.2. The van der Waals surface area contributed by atoms with Gasteiger partial charge in [-0.3, -0.25) is 4.57 Å². The Hall–Kier alpha value is -2.27. The Morgan fingerprint density at radius 2 is 1.96 bits per heavy atom. The van der Waals surface area contributed by atoms with Crippen LogP contribution in [-0.2, 0) is 0 Å². The molecule has 0 aliphatic rings. The number of aryl methyl sites for hydroxylation is 2. The molecule has 0 radical (unpaired) electrons. The van der Waals surface area contributed by atoms with Crippen LogP contribution in [0.1, 0.15) is 11.1 Å². The largest absolute Gasteiger partial charge is 0.493 e. The summed E-state index contributed by atoms with van der Waals surface area (Å²) >= 11 is 1.65. The standard InChI is InChI=1S/C18H19N3OS/c1-14-6-5-8-16(12-14)22-10-11-23-18-20-19-13-21(18)17-9-4-3-7-15(17)2/h3-9,12-13H,10-11H2,1-2H3. The minimum absolute atomic E-state index is 0.634. The fourth-order valence-electron chi connectivity index (χ4n) is 2.32. The zero-order valence-electron chi connectivity index (χ0n) is 13.3. The van der Waals surface area contributed by atoms with Crippen molar-refractivity contribution in [3.63, 3.8) is 0 Å². The van der Waals surface area contributed by atoms with Crippen molar-refractivity contribution < 1.29 is 4.74 Å². The van der Waals surface area contributed by atoms with Crippen LogP contribution in [0.2, 0.25) is 0 Å². The summed E-state index contributed by atoms with van der Waals surface area (Å²) in [4.78, 5) is 0. The number of hydrogen-bond donors (Lipinski definition) is 0. The second-order valence-electron chi connectivity index (χ2n) is 5.28. The van der Waals surface area contributed by atoms with Gasteiger partial charge in [0.15, 0.2) is 5.16 Å². The van der Waals surface area contributed by atoms with E-state index in [0.717, 1.165) is 22.3 Å². The Balaban J connectivity index is 1.60. The minimum Gasteiger partial charge on any atom is -0.493 e. The summed E-state index contributed by atoms with van der Waals surface area (Å²) in [5.41, 5.74) is 3.51. The van der Waals surface area contributed by atoms with Crippen LogP contribution < -0.4 is 4.74 Å². The first-order valence-electron chi connectivity index (χ1n) is 7.52. The monoisotopic (exact) mass is 325 g/mol. The third kappa shape index (κ3) is 3.93. The Labute approximate surface area is 140 Å². The smallest absolute Gasteiger partial charge is 0.195 e. The Morgan fingerprint density at radius 1 is 1.09 bits per heavy atom. The number of nitrogens with zero attached hydrogens (tertiary/aromatic N) is 3. The van der Waals surface area contributed by atoms with Crippen molar-refractivity contribution in [3.8, 4) is 11.4 Å². The normalized spacial score (nSPS) is 10.7. The van der Waals surface area contributed by atoms with E-state index in [4.69, 9.17) is 4.74 Å². The van der Waals surface area contributed by atoms with Crippen molar-refractivity contribution in [2.24, 2.45) is 0 Å². The maximum absolute atomic E-state index is 5.78. The fraction of sp³-hybridized carbons (Fsp3) is 0.222. The summed E-state index contributed by atoms with van der Waals surface area (Å²) < 4.78 is 7.80. The van der Waals surface area contributed by atoms with Crippen LogP contribution in [0.15, 0.2) is 60.0 Å². The van der Waals surface area contributed by atoms with E-state index in [0.29, 0.717) is 6.61 Å². The highest BCUT2D eigenvalue weighted by molar-refractivity contribution is 7.99. The lowest BCUT2D eigenvalue weighted by atomic mass is 10.2. The number of thioether (sulfide) groups is 1. The summed E-state index contributed by atoms with van der Waals surface area (Å²) in [6.07, 6.45) is 1.76. The van der Waals surface area contributed by atoms with Crippen molar-refractivity contribution >= 4 is 11.8 Å². The van der Waals surface area contributed by atoms with E-state index in [1.54, 1.807) is 18.1 Å². The lowest BCUT2D eigenvalue weighted by molar-refractivity contribution is 0.343. The molecule has 1 aromatic heterocycles. The van der Waals surface area contributed by atoms with E-state index in [9.17, 15) is 0 Å². The van der Waals surface area contributed by atoms with Crippen LogP contribution in [0.4, 0.5) is 0 Å². The van der Waals surface area contributed by atoms with Gasteiger partial charge in [-0.25, -0.2) is 0 Å². The Bertz CT molecular complexity index is 785. The maximum atomic E-state index is 5.78. The molecule has 0 saturated heterocycles. The van der Waals surface area contributed by atoms with E-state index < -0.39 is 0 Å². The molecule has 3 rings (SSSR count). The van der Waals surface area contributed by atoms with Gasteiger partial charge in [0.25, 0.3) is 0 Å². The zero-order valence-corrected chi connectivity index (χ0v) is 14.1. The van der Waals surface area contributed by atoms with Gasteiger partial charge in [0.2, 0.25) is 0 Å². The molecule has 0 unspecified atom stereocenters. The highest BCUT2D eigenvalue weighted by Crippen LogP contribution is 2.22. The fourth-order valence-corrected chi connectivity index (χ4v) is 3.06. The molecule has 118 valence electrons. The number of rotatable bonds is 6. The summed E-state index contributed by atoms with van der Waals surface area (Å²) in [5.74, 6) is 1.73. The van der Waals surface area contributed by atoms with Crippen LogP contribution >= 0.6 is 11.8 Å². The van der Waals surface area contributed by atoms with Crippen LogP contribution in [-0.4, -0.2) is 27.1 Å². The molecule has 0 bridgehead atoms. The number of hydrogen-bond acceptors (Lipinski definition) is 4. The average molecular weight is 325 g/mol. The van der Waals surface area contributed by atoms with Gasteiger partial charge in [-0.2, -0.15) is 0 Å². The Kier molecular flexibility index (Phi) is 4.98. The highest BCUT2D eigenvalue weighted by atomic mass is 32.2. The van der Waals surface area contributed by atoms with Crippen LogP contribution in [0.3, 0.4) is 0 Å². The molecular weight excluding hydrogens is 306 g/mol. The summed E-state index contributed by atoms with van der Waals surface area (Å²) in [5, 5.41) is 9.13. The van der Waals surface area contributed by atoms with Crippen molar-refractivity contribution in [3.05, 3.63) is 66.0 Å². The predicted molar refractivity (Wildman–Crippen MR) is 93.5 cm³/mol. The Morgan fingerprint density at radius 3 is 2.78 bits per heavy atom. The molecule has 23 heavy (non-hydrogen) atoms. The number of aromatic nitrogens is 3. The molecule has 2 aromatic carbocycles. The summed E-state index contributed by atoms with van der Waals surface area (Å²) in [7, 11) is 0. The molecule has 3 aromatic rings. The van der Waals surface area contributed by atoms with E-state index in [1.807, 2.05) is 34.9 Å². The van der Waals surface area contributed by atoms with Gasteiger partial charge in [-0.15, -0.1) is 10.2 Å². The lowest BCUT2D eigenvalue weighted by Crippen LogP contribution is -2.03. The zero-order chi connectivity index (χ0) is 16.1. The molecule has 0 aliphatic heterocycles. The molecule has 0 atom stereocenters. The van der Waals surface area contributed by atoms with Crippen molar-refractivity contribution in [1.29, 1.82) is 0 Å². The van der Waals surface area contributed by atoms with E-state index in [2.05, 4.69) is 42.2 Å². The molecule has 1 heterocycles. The van der Waals surface area contributed by atoms with Crippen molar-refractivity contribution in [2.45, 2.75) is 19.0 Å². The van der Waals surface area contributed by atoms with E-state index >= 15 is 0 Å². The first kappa shape index (κ1) is 15.6. The van der Waals surface area contributed by atoms with Gasteiger partial charge < -0.3 is 4.74 Å². The molecule has 0 fully saturated rings. The second-order valence-corrected chi connectivity index (χ2v) is 6.35. The van der Waals surface area contributed by atoms with Crippen LogP contribution in [0.5, 0.6) is 5.75 Å². The van der Waals surface area contributed by atoms with Gasteiger partial charge in [0.05, 0.1) is 12.3 Å². The topological polar surface area (TPSA) is 39.9 Å². The van der Waals surface area contributed by atoms with Gasteiger partial charge >= 0.3 is 0 Å². The third-order valence-corrected chi connectivity index (χ3v) is 4.37. The van der Waals surface area contributed by atoms with Gasteiger partial charge in [0, 0.05) is 5.75 Å². The van der Waals surface area contributed by atoms with Crippen LogP contribution in [0, 0.1) is 13.8 Å². The second kappa shape index (κ2) is 7.33. The van der Waals surface area contributed by atoms with Crippen molar-refractivity contribution in [2.75, 3.05) is 12.4 Å². The molecule has 0 aliphatic carbocycles. The highest BCUT2D eigenvalue weighted by Gasteiger charge is 2.08. The van der Waals surface area contributed by atoms with Gasteiger partial charge in [-0.05, 0) is 43.2 Å². The summed E-state index contributed by atoms with van der Waals surface area (Å²) in [6, 6.07) is 16.3. The quantitative estimate of drug-likeness (QED) is 0.506. The molecule has 0 saturated carbocycles. The number of para-hydroxylation sites is 1. The average Bonchev–Trinajstić information content (AvgIpc) is 3.00. The summed E-state index contributed by atoms with van der Waals surface area (Å²) in [6.45, 7) is 4.78. The van der Waals surface area contributed by atoms with E-state index in [-0.39, 0.29) is 0 Å². The van der Waals surface area contributed by atoms with Gasteiger partial charge in [-0.1, -0.05) is 42.1 Å².